The van der Waals surface area contributed by atoms with Gasteiger partial charge in [-0.05, 0) is 48.5 Å². The van der Waals surface area contributed by atoms with Crippen molar-refractivity contribution in [2.45, 2.75) is 60.7 Å². The van der Waals surface area contributed by atoms with Crippen LogP contribution in [0.3, 0.4) is 0 Å². The van der Waals surface area contributed by atoms with Crippen molar-refractivity contribution in [1.29, 1.82) is 0 Å². The Labute approximate surface area is 126 Å². The van der Waals surface area contributed by atoms with Crippen molar-refractivity contribution in [3.05, 3.63) is 0 Å². The van der Waals surface area contributed by atoms with Crippen LogP contribution < -0.4 is 0 Å². The lowest BCUT2D eigenvalue weighted by atomic mass is 10.5. The summed E-state index contributed by atoms with van der Waals surface area (Å²) in [5, 5.41) is 0. The zero-order valence-corrected chi connectivity index (χ0v) is 15.4. The highest BCUT2D eigenvalue weighted by Crippen LogP contribution is 2.38. The molecule has 20 heavy (non-hydrogen) atoms. The first-order chi connectivity index (χ1) is 9.37. The van der Waals surface area contributed by atoms with Crippen LogP contribution in [0.1, 0.15) is 48.5 Å². The van der Waals surface area contributed by atoms with Crippen molar-refractivity contribution in [1.82, 2.24) is 0 Å². The summed E-state index contributed by atoms with van der Waals surface area (Å²) in [5.41, 5.74) is 0. The Bertz CT molecular complexity index is 171. The lowest BCUT2D eigenvalue weighted by Gasteiger charge is -2.14. The Morgan fingerprint density at radius 2 is 1.05 bits per heavy atom. The van der Waals surface area contributed by atoms with Gasteiger partial charge in [0.15, 0.2) is 0 Å². The molecular formula is C12H30O6P2. The Morgan fingerprint density at radius 1 is 0.750 bits per heavy atom. The van der Waals surface area contributed by atoms with Crippen LogP contribution in [0.2, 0.25) is 0 Å². The van der Waals surface area contributed by atoms with Gasteiger partial charge in [-0.25, -0.2) is 0 Å². The SMILES string of the molecule is CC(C)OP(O)OC(C)C.CCOP(OCC)OCC. The fraction of sp³-hybridized carbons (Fsp3) is 1.00. The third-order valence-corrected chi connectivity index (χ3v) is 3.92. The van der Waals surface area contributed by atoms with E-state index in [2.05, 4.69) is 0 Å². The summed E-state index contributed by atoms with van der Waals surface area (Å²) in [5.74, 6) is 0. The summed E-state index contributed by atoms with van der Waals surface area (Å²) in [6.07, 6.45) is 0.0460. The van der Waals surface area contributed by atoms with E-state index in [1.807, 2.05) is 48.5 Å². The molecule has 0 aromatic carbocycles. The van der Waals surface area contributed by atoms with Crippen LogP contribution in [0.4, 0.5) is 0 Å². The molecule has 0 fully saturated rings. The Morgan fingerprint density at radius 3 is 1.25 bits per heavy atom. The number of hydrogen-bond donors (Lipinski definition) is 1. The van der Waals surface area contributed by atoms with Crippen molar-refractivity contribution in [3.63, 3.8) is 0 Å². The van der Waals surface area contributed by atoms with Crippen LogP contribution in [0, 0.1) is 0 Å². The van der Waals surface area contributed by atoms with Gasteiger partial charge in [0.05, 0.1) is 32.0 Å². The quantitative estimate of drug-likeness (QED) is 0.599. The molecule has 0 saturated carbocycles. The molecule has 0 aliphatic heterocycles. The van der Waals surface area contributed by atoms with Gasteiger partial charge in [0.25, 0.3) is 0 Å². The van der Waals surface area contributed by atoms with E-state index in [1.54, 1.807) is 0 Å². The fourth-order valence-electron chi connectivity index (χ4n) is 0.814. The predicted octanol–water partition coefficient (Wildman–Crippen LogP) is 4.38. The maximum atomic E-state index is 9.01. The van der Waals surface area contributed by atoms with E-state index in [9.17, 15) is 0 Å². The van der Waals surface area contributed by atoms with Crippen LogP contribution in [-0.2, 0) is 22.6 Å². The van der Waals surface area contributed by atoms with Gasteiger partial charge in [-0.3, -0.25) is 0 Å². The van der Waals surface area contributed by atoms with E-state index in [0.717, 1.165) is 0 Å². The van der Waals surface area contributed by atoms with Gasteiger partial charge >= 0.3 is 17.2 Å². The molecule has 8 heteroatoms. The highest BCUT2D eigenvalue weighted by molar-refractivity contribution is 7.41. The molecule has 0 aliphatic carbocycles. The third kappa shape index (κ3) is 18.6. The Kier molecular flexibility index (Phi) is 18.3. The maximum Gasteiger partial charge on any atom is 0.332 e. The summed E-state index contributed by atoms with van der Waals surface area (Å²) in [4.78, 5) is 9.01. The molecule has 0 radical (unpaired) electrons. The second-order valence-electron chi connectivity index (χ2n) is 4.02. The zero-order valence-electron chi connectivity index (χ0n) is 13.7. The maximum absolute atomic E-state index is 9.01. The topological polar surface area (TPSA) is 66.4 Å². The molecular weight excluding hydrogens is 302 g/mol. The minimum atomic E-state index is -1.66. The van der Waals surface area contributed by atoms with Gasteiger partial charge in [0.1, 0.15) is 0 Å². The van der Waals surface area contributed by atoms with E-state index in [1.165, 1.54) is 0 Å². The van der Waals surface area contributed by atoms with E-state index >= 15 is 0 Å². The van der Waals surface area contributed by atoms with Gasteiger partial charge in [-0.15, -0.1) is 0 Å². The molecule has 0 spiro atoms. The average Bonchev–Trinajstić information content (AvgIpc) is 2.28. The average molecular weight is 332 g/mol. The summed E-state index contributed by atoms with van der Waals surface area (Å²) < 4.78 is 25.3. The molecule has 0 aliphatic rings. The van der Waals surface area contributed by atoms with Crippen molar-refractivity contribution in [2.75, 3.05) is 19.8 Å². The standard InChI is InChI=1S/2C6H15O3P/c1-5(2)8-10(7)9-6(3)4;1-4-7-10(8-5-2)9-6-3/h5-7H,1-4H3;4-6H2,1-3H3. The molecule has 0 bridgehead atoms. The van der Waals surface area contributed by atoms with Crippen LogP contribution in [0.25, 0.3) is 0 Å². The first-order valence-corrected chi connectivity index (χ1v) is 9.11. The van der Waals surface area contributed by atoms with Gasteiger partial charge in [-0.2, -0.15) is 0 Å². The minimum Gasteiger partial charge on any atom is -0.328 e. The summed E-state index contributed by atoms with van der Waals surface area (Å²) >= 11 is 0. The molecule has 0 heterocycles. The second kappa shape index (κ2) is 16.0. The summed E-state index contributed by atoms with van der Waals surface area (Å²) in [7, 11) is -2.72. The van der Waals surface area contributed by atoms with Crippen LogP contribution in [0.5, 0.6) is 0 Å². The molecule has 1 N–H and O–H groups in total. The molecule has 0 aromatic heterocycles. The molecule has 124 valence electrons. The van der Waals surface area contributed by atoms with E-state index in [0.29, 0.717) is 19.8 Å². The highest BCUT2D eigenvalue weighted by Gasteiger charge is 2.10. The van der Waals surface area contributed by atoms with E-state index < -0.39 is 17.2 Å². The van der Waals surface area contributed by atoms with Crippen LogP contribution in [0.15, 0.2) is 0 Å². The van der Waals surface area contributed by atoms with Crippen molar-refractivity contribution >= 4 is 17.2 Å². The predicted molar refractivity (Wildman–Crippen MR) is 83.4 cm³/mol. The molecule has 6 nitrogen and oxygen atoms in total. The number of rotatable bonds is 10. The molecule has 0 saturated heterocycles. The zero-order chi connectivity index (χ0) is 16.0. The van der Waals surface area contributed by atoms with E-state index in [-0.39, 0.29) is 12.2 Å². The molecule has 0 rings (SSSR count). The van der Waals surface area contributed by atoms with Crippen LogP contribution >= 0.6 is 17.2 Å². The molecule has 0 aromatic rings. The largest absolute Gasteiger partial charge is 0.332 e. The summed E-state index contributed by atoms with van der Waals surface area (Å²) in [6, 6.07) is 0. The molecule has 0 unspecified atom stereocenters. The van der Waals surface area contributed by atoms with E-state index in [4.69, 9.17) is 27.5 Å². The van der Waals surface area contributed by atoms with Gasteiger partial charge in [-0.1, -0.05) is 0 Å². The van der Waals surface area contributed by atoms with Crippen molar-refractivity contribution in [2.24, 2.45) is 0 Å². The highest BCUT2D eigenvalue weighted by atomic mass is 31.2. The normalized spacial score (nSPS) is 11.4. The van der Waals surface area contributed by atoms with Gasteiger partial charge in [0.2, 0.25) is 0 Å². The first-order valence-electron chi connectivity index (χ1n) is 6.88. The second-order valence-corrected chi connectivity index (χ2v) is 6.14. The fourth-order valence-corrected chi connectivity index (χ4v) is 2.44. The first kappa shape index (κ1) is 22.9. The minimum absolute atomic E-state index is 0.0230. The smallest absolute Gasteiger partial charge is 0.328 e. The van der Waals surface area contributed by atoms with Crippen molar-refractivity contribution in [3.8, 4) is 0 Å². The Balaban J connectivity index is 0. The van der Waals surface area contributed by atoms with Crippen LogP contribution in [-0.4, -0.2) is 36.9 Å². The Hall–Kier alpha value is 0.620. The molecule has 0 atom stereocenters. The number of hydrogen-bond acceptors (Lipinski definition) is 6. The third-order valence-electron chi connectivity index (χ3n) is 1.31. The van der Waals surface area contributed by atoms with Gasteiger partial charge in [0, 0.05) is 0 Å². The lowest BCUT2D eigenvalue weighted by Crippen LogP contribution is -2.03. The molecule has 0 amide bonds. The lowest BCUT2D eigenvalue weighted by molar-refractivity contribution is 0.139. The summed E-state index contributed by atoms with van der Waals surface area (Å²) in [6.45, 7) is 15.1. The van der Waals surface area contributed by atoms with Crippen molar-refractivity contribution < 1.29 is 27.5 Å². The monoisotopic (exact) mass is 332 g/mol. The van der Waals surface area contributed by atoms with Gasteiger partial charge < -0.3 is 27.5 Å².